The molecule has 7 heteroatoms. The smallest absolute Gasteiger partial charge is 0.251 e. The second-order valence-electron chi connectivity index (χ2n) is 8.22. The van der Waals surface area contributed by atoms with Gasteiger partial charge in [0, 0.05) is 31.7 Å². The Morgan fingerprint density at radius 2 is 1.79 bits per heavy atom. The first-order chi connectivity index (χ1) is 13.4. The van der Waals surface area contributed by atoms with Gasteiger partial charge in [-0.2, -0.15) is 4.31 Å². The average molecular weight is 408 g/mol. The Morgan fingerprint density at radius 3 is 2.46 bits per heavy atom. The summed E-state index contributed by atoms with van der Waals surface area (Å²) in [5.41, 5.74) is 1.24. The minimum Gasteiger partial charge on any atom is -0.351 e. The Morgan fingerprint density at radius 1 is 1.11 bits per heavy atom. The number of piperidine rings is 2. The fraction of sp³-hybridized carbons (Fsp3) is 0.667. The van der Waals surface area contributed by atoms with Gasteiger partial charge in [-0.3, -0.25) is 4.79 Å². The number of carbonyl (C=O) groups is 1. The van der Waals surface area contributed by atoms with Crippen molar-refractivity contribution in [2.75, 3.05) is 39.3 Å². The standard InChI is InChI=1S/C21H33N3O3S/c1-17-8-13-24(14-9-17)28(26,27)19-7-6-18(2)20(16-19)21(25)22-10-15-23-11-4-3-5-12-23/h6-7,16-17H,3-5,8-15H2,1-2H3,(H,22,25). The van der Waals surface area contributed by atoms with E-state index in [1.165, 1.54) is 19.3 Å². The van der Waals surface area contributed by atoms with Crippen LogP contribution in [0.25, 0.3) is 0 Å². The predicted octanol–water partition coefficient (Wildman–Crippen LogP) is 2.63. The summed E-state index contributed by atoms with van der Waals surface area (Å²) in [5.74, 6) is 0.365. The largest absolute Gasteiger partial charge is 0.351 e. The van der Waals surface area contributed by atoms with E-state index < -0.39 is 10.0 Å². The van der Waals surface area contributed by atoms with E-state index in [0.717, 1.165) is 38.0 Å². The van der Waals surface area contributed by atoms with Gasteiger partial charge in [0.1, 0.15) is 0 Å². The van der Waals surface area contributed by atoms with Gasteiger partial charge in [-0.05, 0) is 69.3 Å². The van der Waals surface area contributed by atoms with Crippen LogP contribution in [0.3, 0.4) is 0 Å². The third-order valence-electron chi connectivity index (χ3n) is 6.00. The Bertz CT molecular complexity index is 780. The van der Waals surface area contributed by atoms with Crippen molar-refractivity contribution in [2.24, 2.45) is 5.92 Å². The molecule has 0 bridgehead atoms. The van der Waals surface area contributed by atoms with E-state index in [4.69, 9.17) is 0 Å². The highest BCUT2D eigenvalue weighted by Gasteiger charge is 2.28. The first-order valence-electron chi connectivity index (χ1n) is 10.5. The summed E-state index contributed by atoms with van der Waals surface area (Å²) in [6.45, 7) is 8.71. The van der Waals surface area contributed by atoms with Gasteiger partial charge in [0.25, 0.3) is 5.91 Å². The van der Waals surface area contributed by atoms with E-state index in [1.807, 2.05) is 6.92 Å². The molecule has 3 rings (SSSR count). The maximum Gasteiger partial charge on any atom is 0.251 e. The molecule has 28 heavy (non-hydrogen) atoms. The van der Waals surface area contributed by atoms with Crippen LogP contribution in [0.2, 0.25) is 0 Å². The van der Waals surface area contributed by atoms with Crippen molar-refractivity contribution >= 4 is 15.9 Å². The quantitative estimate of drug-likeness (QED) is 0.787. The van der Waals surface area contributed by atoms with E-state index in [1.54, 1.807) is 22.5 Å². The van der Waals surface area contributed by atoms with Crippen LogP contribution in [0.15, 0.2) is 23.1 Å². The molecule has 156 valence electrons. The van der Waals surface area contributed by atoms with E-state index in [9.17, 15) is 13.2 Å². The summed E-state index contributed by atoms with van der Waals surface area (Å²) in [6.07, 6.45) is 5.51. The Balaban J connectivity index is 1.65. The number of carbonyl (C=O) groups excluding carboxylic acids is 1. The van der Waals surface area contributed by atoms with Gasteiger partial charge >= 0.3 is 0 Å². The molecule has 1 N–H and O–H groups in total. The lowest BCUT2D eigenvalue weighted by Gasteiger charge is -2.29. The topological polar surface area (TPSA) is 69.7 Å². The van der Waals surface area contributed by atoms with Gasteiger partial charge in [-0.1, -0.05) is 19.4 Å². The monoisotopic (exact) mass is 407 g/mol. The number of rotatable bonds is 6. The third-order valence-corrected chi connectivity index (χ3v) is 7.89. The van der Waals surface area contributed by atoms with Crippen molar-refractivity contribution in [3.8, 4) is 0 Å². The average Bonchev–Trinajstić information content (AvgIpc) is 2.69. The minimum atomic E-state index is -3.55. The van der Waals surface area contributed by atoms with Crippen molar-refractivity contribution in [1.29, 1.82) is 0 Å². The number of benzene rings is 1. The SMILES string of the molecule is Cc1ccc(S(=O)(=O)N2CCC(C)CC2)cc1C(=O)NCCN1CCCCC1. The molecule has 0 saturated carbocycles. The summed E-state index contributed by atoms with van der Waals surface area (Å²) in [7, 11) is -3.55. The number of amides is 1. The van der Waals surface area contributed by atoms with Crippen molar-refractivity contribution in [3.05, 3.63) is 29.3 Å². The van der Waals surface area contributed by atoms with E-state index in [0.29, 0.717) is 31.1 Å². The van der Waals surface area contributed by atoms with Crippen molar-refractivity contribution in [1.82, 2.24) is 14.5 Å². The van der Waals surface area contributed by atoms with Crippen LogP contribution in [0.5, 0.6) is 0 Å². The van der Waals surface area contributed by atoms with Gasteiger partial charge in [0.15, 0.2) is 0 Å². The van der Waals surface area contributed by atoms with Gasteiger partial charge in [-0.25, -0.2) is 8.42 Å². The third kappa shape index (κ3) is 5.13. The van der Waals surface area contributed by atoms with E-state index in [2.05, 4.69) is 17.1 Å². The molecule has 2 saturated heterocycles. The van der Waals surface area contributed by atoms with Crippen LogP contribution < -0.4 is 5.32 Å². The zero-order valence-corrected chi connectivity index (χ0v) is 17.9. The number of aryl methyl sites for hydroxylation is 1. The number of hydrogen-bond donors (Lipinski definition) is 1. The van der Waals surface area contributed by atoms with Gasteiger partial charge in [0.2, 0.25) is 10.0 Å². The molecule has 0 spiro atoms. The molecule has 1 amide bonds. The van der Waals surface area contributed by atoms with E-state index in [-0.39, 0.29) is 10.8 Å². The minimum absolute atomic E-state index is 0.196. The van der Waals surface area contributed by atoms with Crippen molar-refractivity contribution < 1.29 is 13.2 Å². The highest BCUT2D eigenvalue weighted by molar-refractivity contribution is 7.89. The summed E-state index contributed by atoms with van der Waals surface area (Å²) in [6, 6.07) is 4.89. The summed E-state index contributed by atoms with van der Waals surface area (Å²) < 4.78 is 27.5. The molecule has 2 aliphatic rings. The fourth-order valence-electron chi connectivity index (χ4n) is 3.99. The molecule has 0 aromatic heterocycles. The lowest BCUT2D eigenvalue weighted by molar-refractivity contribution is 0.0945. The molecule has 1 aromatic carbocycles. The zero-order valence-electron chi connectivity index (χ0n) is 17.1. The Kier molecular flexibility index (Phi) is 7.12. The van der Waals surface area contributed by atoms with Crippen molar-refractivity contribution in [3.63, 3.8) is 0 Å². The Hall–Kier alpha value is -1.44. The van der Waals surface area contributed by atoms with Crippen LogP contribution in [-0.4, -0.2) is 62.8 Å². The number of likely N-dealkylation sites (tertiary alicyclic amines) is 1. The number of hydrogen-bond acceptors (Lipinski definition) is 4. The van der Waals surface area contributed by atoms with E-state index >= 15 is 0 Å². The van der Waals surface area contributed by atoms with Crippen LogP contribution in [0, 0.1) is 12.8 Å². The summed E-state index contributed by atoms with van der Waals surface area (Å²) >= 11 is 0. The number of nitrogens with one attached hydrogen (secondary N) is 1. The normalized spacial score (nSPS) is 20.2. The lowest BCUT2D eigenvalue weighted by Crippen LogP contribution is -2.38. The molecular formula is C21H33N3O3S. The molecule has 0 unspecified atom stereocenters. The molecule has 1 aromatic rings. The van der Waals surface area contributed by atoms with Crippen LogP contribution in [-0.2, 0) is 10.0 Å². The van der Waals surface area contributed by atoms with Crippen LogP contribution in [0.4, 0.5) is 0 Å². The maximum absolute atomic E-state index is 13.0. The molecule has 0 atom stereocenters. The molecule has 0 aliphatic carbocycles. The number of nitrogens with zero attached hydrogens (tertiary/aromatic N) is 2. The molecule has 2 fully saturated rings. The maximum atomic E-state index is 13.0. The molecule has 0 radical (unpaired) electrons. The fourth-order valence-corrected chi connectivity index (χ4v) is 5.48. The highest BCUT2D eigenvalue weighted by Crippen LogP contribution is 2.25. The van der Waals surface area contributed by atoms with Crippen LogP contribution >= 0.6 is 0 Å². The van der Waals surface area contributed by atoms with Gasteiger partial charge < -0.3 is 10.2 Å². The second kappa shape index (κ2) is 9.37. The zero-order chi connectivity index (χ0) is 20.1. The Labute approximate surface area is 169 Å². The summed E-state index contributed by atoms with van der Waals surface area (Å²) in [5, 5.41) is 2.96. The van der Waals surface area contributed by atoms with Gasteiger partial charge in [0.05, 0.1) is 4.90 Å². The lowest BCUT2D eigenvalue weighted by atomic mass is 10.0. The van der Waals surface area contributed by atoms with Gasteiger partial charge in [-0.15, -0.1) is 0 Å². The molecule has 2 aliphatic heterocycles. The van der Waals surface area contributed by atoms with Crippen molar-refractivity contribution in [2.45, 2.75) is 50.8 Å². The first-order valence-corrected chi connectivity index (χ1v) is 11.9. The van der Waals surface area contributed by atoms with Crippen LogP contribution in [0.1, 0.15) is 54.9 Å². The first kappa shape index (κ1) is 21.3. The molecule has 6 nitrogen and oxygen atoms in total. The summed E-state index contributed by atoms with van der Waals surface area (Å²) in [4.78, 5) is 15.3. The molecule has 2 heterocycles. The molecular weight excluding hydrogens is 374 g/mol. The predicted molar refractivity (Wildman–Crippen MR) is 111 cm³/mol. The second-order valence-corrected chi connectivity index (χ2v) is 10.2. The highest BCUT2D eigenvalue weighted by atomic mass is 32.2. The number of sulfonamides is 1.